The lowest BCUT2D eigenvalue weighted by Gasteiger charge is -2.08. The van der Waals surface area contributed by atoms with Gasteiger partial charge in [0.05, 0.1) is 5.69 Å². The standard InChI is InChI=1S/C16H17N5O3/c1-10-8-9-17-21(10)13-6-2-11(3-7-13)14(22)19-20-16(24)15(23)18-12-4-5-12/h2-3,6-9,12H,4-5H2,1H3,(H,18,23)(H,19,22)(H,20,24). The molecule has 1 aliphatic rings. The first-order valence-corrected chi connectivity index (χ1v) is 7.57. The molecule has 3 rings (SSSR count). The van der Waals surface area contributed by atoms with Gasteiger partial charge >= 0.3 is 11.8 Å². The first-order chi connectivity index (χ1) is 11.5. The Balaban J connectivity index is 1.56. The zero-order valence-electron chi connectivity index (χ0n) is 13.1. The van der Waals surface area contributed by atoms with Gasteiger partial charge < -0.3 is 5.32 Å². The Labute approximate surface area is 138 Å². The Hall–Kier alpha value is -3.16. The highest BCUT2D eigenvalue weighted by molar-refractivity contribution is 6.35. The molecular weight excluding hydrogens is 310 g/mol. The van der Waals surface area contributed by atoms with Gasteiger partial charge in [-0.25, -0.2) is 4.68 Å². The molecule has 0 radical (unpaired) electrons. The van der Waals surface area contributed by atoms with E-state index in [2.05, 4.69) is 21.3 Å². The van der Waals surface area contributed by atoms with Crippen LogP contribution in [0.5, 0.6) is 0 Å². The number of rotatable bonds is 3. The topological polar surface area (TPSA) is 105 Å². The lowest BCUT2D eigenvalue weighted by atomic mass is 10.2. The Morgan fingerprint density at radius 3 is 2.33 bits per heavy atom. The second kappa shape index (κ2) is 6.53. The molecule has 8 heteroatoms. The number of hydrazine groups is 1. The van der Waals surface area contributed by atoms with Gasteiger partial charge in [-0.3, -0.25) is 25.2 Å². The van der Waals surface area contributed by atoms with E-state index >= 15 is 0 Å². The Kier molecular flexibility index (Phi) is 4.28. The highest BCUT2D eigenvalue weighted by Gasteiger charge is 2.26. The van der Waals surface area contributed by atoms with Gasteiger partial charge in [-0.15, -0.1) is 0 Å². The summed E-state index contributed by atoms with van der Waals surface area (Å²) in [6, 6.07) is 8.68. The highest BCUT2D eigenvalue weighted by atomic mass is 16.2. The van der Waals surface area contributed by atoms with Crippen molar-refractivity contribution in [3.05, 3.63) is 47.8 Å². The van der Waals surface area contributed by atoms with Gasteiger partial charge in [0.25, 0.3) is 5.91 Å². The maximum absolute atomic E-state index is 12.0. The van der Waals surface area contributed by atoms with Crippen LogP contribution < -0.4 is 16.2 Å². The lowest BCUT2D eigenvalue weighted by molar-refractivity contribution is -0.139. The monoisotopic (exact) mass is 327 g/mol. The zero-order chi connectivity index (χ0) is 17.1. The maximum atomic E-state index is 12.0. The van der Waals surface area contributed by atoms with Crippen LogP contribution in [0.1, 0.15) is 28.9 Å². The Morgan fingerprint density at radius 1 is 1.04 bits per heavy atom. The molecule has 1 fully saturated rings. The summed E-state index contributed by atoms with van der Waals surface area (Å²) in [6.45, 7) is 1.93. The minimum absolute atomic E-state index is 0.0808. The fraction of sp³-hybridized carbons (Fsp3) is 0.250. The molecule has 3 amide bonds. The maximum Gasteiger partial charge on any atom is 0.327 e. The summed E-state index contributed by atoms with van der Waals surface area (Å²) in [5.74, 6) is -2.15. The predicted molar refractivity (Wildman–Crippen MR) is 85.1 cm³/mol. The molecule has 2 aromatic rings. The molecule has 0 unspecified atom stereocenters. The molecule has 3 N–H and O–H groups in total. The van der Waals surface area contributed by atoms with Crippen molar-refractivity contribution in [1.82, 2.24) is 25.9 Å². The summed E-state index contributed by atoms with van der Waals surface area (Å²) in [7, 11) is 0. The highest BCUT2D eigenvalue weighted by Crippen LogP contribution is 2.18. The van der Waals surface area contributed by atoms with Crippen molar-refractivity contribution >= 4 is 17.7 Å². The summed E-state index contributed by atoms with van der Waals surface area (Å²) in [6.07, 6.45) is 3.46. The van der Waals surface area contributed by atoms with Crippen molar-refractivity contribution in [2.75, 3.05) is 0 Å². The van der Waals surface area contributed by atoms with Gasteiger partial charge in [0.1, 0.15) is 0 Å². The number of benzene rings is 1. The van der Waals surface area contributed by atoms with Crippen molar-refractivity contribution < 1.29 is 14.4 Å². The number of aromatic nitrogens is 2. The molecule has 0 spiro atoms. The molecule has 1 heterocycles. The fourth-order valence-corrected chi connectivity index (χ4v) is 2.11. The van der Waals surface area contributed by atoms with Crippen LogP contribution >= 0.6 is 0 Å². The van der Waals surface area contributed by atoms with Crippen molar-refractivity contribution in [2.45, 2.75) is 25.8 Å². The Morgan fingerprint density at radius 2 is 1.75 bits per heavy atom. The number of aryl methyl sites for hydroxylation is 1. The van der Waals surface area contributed by atoms with Gasteiger partial charge in [0, 0.05) is 23.5 Å². The predicted octanol–water partition coefficient (Wildman–Crippen LogP) is 0.220. The van der Waals surface area contributed by atoms with Crippen molar-refractivity contribution in [3.63, 3.8) is 0 Å². The minimum Gasteiger partial charge on any atom is -0.345 e. The third-order valence-corrected chi connectivity index (χ3v) is 3.61. The number of hydrogen-bond donors (Lipinski definition) is 3. The summed E-state index contributed by atoms with van der Waals surface area (Å²) in [5, 5.41) is 6.72. The van der Waals surface area contributed by atoms with E-state index < -0.39 is 17.7 Å². The molecule has 1 aromatic heterocycles. The summed E-state index contributed by atoms with van der Waals surface area (Å²) in [4.78, 5) is 35.0. The van der Waals surface area contributed by atoms with Gasteiger partial charge in [-0.1, -0.05) is 0 Å². The number of amides is 3. The van der Waals surface area contributed by atoms with Gasteiger partial charge in [0.2, 0.25) is 0 Å². The first kappa shape index (κ1) is 15.7. The van der Waals surface area contributed by atoms with Crippen LogP contribution in [-0.2, 0) is 9.59 Å². The van der Waals surface area contributed by atoms with E-state index in [0.717, 1.165) is 24.2 Å². The van der Waals surface area contributed by atoms with E-state index in [4.69, 9.17) is 0 Å². The average Bonchev–Trinajstić information content (AvgIpc) is 3.30. The van der Waals surface area contributed by atoms with Gasteiger partial charge in [0.15, 0.2) is 0 Å². The number of carbonyl (C=O) groups is 3. The van der Waals surface area contributed by atoms with E-state index in [-0.39, 0.29) is 6.04 Å². The minimum atomic E-state index is -0.890. The number of nitrogens with zero attached hydrogens (tertiary/aromatic N) is 2. The molecular formula is C16H17N5O3. The van der Waals surface area contributed by atoms with Crippen LogP contribution in [0, 0.1) is 6.92 Å². The van der Waals surface area contributed by atoms with Crippen LogP contribution in [0.3, 0.4) is 0 Å². The van der Waals surface area contributed by atoms with Crippen LogP contribution in [-0.4, -0.2) is 33.5 Å². The van der Waals surface area contributed by atoms with E-state index in [0.29, 0.717) is 5.56 Å². The van der Waals surface area contributed by atoms with Crippen LogP contribution in [0.25, 0.3) is 5.69 Å². The molecule has 8 nitrogen and oxygen atoms in total. The summed E-state index contributed by atoms with van der Waals surface area (Å²) < 4.78 is 1.74. The zero-order valence-corrected chi connectivity index (χ0v) is 13.1. The van der Waals surface area contributed by atoms with Gasteiger partial charge in [-0.2, -0.15) is 5.10 Å². The average molecular weight is 327 g/mol. The van der Waals surface area contributed by atoms with Gasteiger partial charge in [-0.05, 0) is 50.1 Å². The normalized spacial score (nSPS) is 13.2. The summed E-state index contributed by atoms with van der Waals surface area (Å²) in [5.41, 5.74) is 6.46. The molecule has 0 aliphatic heterocycles. The molecule has 0 bridgehead atoms. The van der Waals surface area contributed by atoms with Crippen molar-refractivity contribution in [3.8, 4) is 5.69 Å². The largest absolute Gasteiger partial charge is 0.345 e. The van der Waals surface area contributed by atoms with Crippen LogP contribution in [0.2, 0.25) is 0 Å². The van der Waals surface area contributed by atoms with Crippen LogP contribution in [0.4, 0.5) is 0 Å². The molecule has 0 atom stereocenters. The SMILES string of the molecule is Cc1ccnn1-c1ccc(C(=O)NNC(=O)C(=O)NC2CC2)cc1. The van der Waals surface area contributed by atoms with Crippen molar-refractivity contribution in [2.24, 2.45) is 0 Å². The number of carbonyl (C=O) groups excluding carboxylic acids is 3. The molecule has 0 saturated heterocycles. The lowest BCUT2D eigenvalue weighted by Crippen LogP contribution is -2.48. The fourth-order valence-electron chi connectivity index (χ4n) is 2.11. The first-order valence-electron chi connectivity index (χ1n) is 7.57. The third-order valence-electron chi connectivity index (χ3n) is 3.61. The quantitative estimate of drug-likeness (QED) is 0.554. The molecule has 1 saturated carbocycles. The van der Waals surface area contributed by atoms with E-state index in [9.17, 15) is 14.4 Å². The molecule has 1 aromatic carbocycles. The van der Waals surface area contributed by atoms with E-state index in [1.54, 1.807) is 35.1 Å². The van der Waals surface area contributed by atoms with E-state index in [1.807, 2.05) is 13.0 Å². The van der Waals surface area contributed by atoms with E-state index in [1.165, 1.54) is 0 Å². The number of hydrogen-bond acceptors (Lipinski definition) is 4. The third kappa shape index (κ3) is 3.60. The number of nitrogens with one attached hydrogen (secondary N) is 3. The summed E-state index contributed by atoms with van der Waals surface area (Å²) >= 11 is 0. The molecule has 24 heavy (non-hydrogen) atoms. The molecule has 124 valence electrons. The van der Waals surface area contributed by atoms with Crippen LogP contribution in [0.15, 0.2) is 36.5 Å². The van der Waals surface area contributed by atoms with Crippen molar-refractivity contribution in [1.29, 1.82) is 0 Å². The Bertz CT molecular complexity index is 777. The molecule has 1 aliphatic carbocycles. The smallest absolute Gasteiger partial charge is 0.327 e. The second-order valence-electron chi connectivity index (χ2n) is 5.59. The second-order valence-corrected chi connectivity index (χ2v) is 5.59.